The summed E-state index contributed by atoms with van der Waals surface area (Å²) in [6.07, 6.45) is 0.809. The smallest absolute Gasteiger partial charge is 0.242 e. The van der Waals surface area contributed by atoms with Gasteiger partial charge in [0.2, 0.25) is 15.9 Å². The number of hydrogen-bond acceptors (Lipinski definition) is 4. The molecule has 0 aliphatic carbocycles. The van der Waals surface area contributed by atoms with Gasteiger partial charge in [0, 0.05) is 18.5 Å². The van der Waals surface area contributed by atoms with E-state index in [0.29, 0.717) is 18.5 Å². The molecule has 1 aliphatic heterocycles. The Labute approximate surface area is 164 Å². The second-order valence-electron chi connectivity index (χ2n) is 6.49. The first kappa shape index (κ1) is 20.0. The number of hydrogen-bond donors (Lipinski definition) is 1. The molecule has 0 fully saturated rings. The zero-order chi connectivity index (χ0) is 20.3. The molecule has 3 rings (SSSR count). The number of anilines is 1. The Kier molecular flexibility index (Phi) is 5.79. The Hall–Kier alpha value is -2.74. The summed E-state index contributed by atoms with van der Waals surface area (Å²) < 4.78 is 39.1. The Balaban J connectivity index is 1.85. The van der Waals surface area contributed by atoms with E-state index < -0.39 is 10.0 Å². The number of carbonyl (C=O) groups is 1. The lowest BCUT2D eigenvalue weighted by atomic mass is 9.98. The van der Waals surface area contributed by atoms with Gasteiger partial charge in [0.05, 0.1) is 17.5 Å². The van der Waals surface area contributed by atoms with Gasteiger partial charge in [0.15, 0.2) is 0 Å². The quantitative estimate of drug-likeness (QED) is 0.799. The topological polar surface area (TPSA) is 78.8 Å². The molecule has 0 saturated carbocycles. The highest BCUT2D eigenvalue weighted by molar-refractivity contribution is 7.92. The maximum atomic E-state index is 13.3. The number of carbonyl (C=O) groups excluding carboxylic acids is 1. The van der Waals surface area contributed by atoms with Crippen molar-refractivity contribution in [3.8, 4) is 0 Å². The highest BCUT2D eigenvalue weighted by Gasteiger charge is 2.32. The highest BCUT2D eigenvalue weighted by Crippen LogP contribution is 2.33. The largest absolute Gasteiger partial charge is 0.284 e. The van der Waals surface area contributed by atoms with Crippen molar-refractivity contribution in [2.24, 2.45) is 5.10 Å². The standard InChI is InChI=1S/C20H22FN3O3S/c1-3-20(25)24-19(15-5-9-16(21)10-6-15)13-18(22-24)14-7-11-17(12-8-14)23-28(26,27)4-2/h5-12,19,23H,3-4,13H2,1-2H3/t19-/m1/s1. The number of nitrogens with zero attached hydrogens (tertiary/aromatic N) is 2. The van der Waals surface area contributed by atoms with Crippen LogP contribution in [0.2, 0.25) is 0 Å². The van der Waals surface area contributed by atoms with E-state index in [1.54, 1.807) is 50.2 Å². The fraction of sp³-hybridized carbons (Fsp3) is 0.300. The number of benzene rings is 2. The SMILES string of the molecule is CCC(=O)N1N=C(c2ccc(NS(=O)(=O)CC)cc2)C[C@@H]1c1ccc(F)cc1. The van der Waals surface area contributed by atoms with Crippen LogP contribution in [0.15, 0.2) is 53.6 Å². The third-order valence-corrected chi connectivity index (χ3v) is 5.90. The van der Waals surface area contributed by atoms with Crippen LogP contribution in [0.3, 0.4) is 0 Å². The number of rotatable bonds is 6. The molecule has 1 aliphatic rings. The molecule has 8 heteroatoms. The molecule has 0 unspecified atom stereocenters. The van der Waals surface area contributed by atoms with Crippen molar-refractivity contribution in [1.82, 2.24) is 5.01 Å². The molecule has 1 atom stereocenters. The van der Waals surface area contributed by atoms with E-state index >= 15 is 0 Å². The van der Waals surface area contributed by atoms with Crippen molar-refractivity contribution < 1.29 is 17.6 Å². The van der Waals surface area contributed by atoms with E-state index in [9.17, 15) is 17.6 Å². The van der Waals surface area contributed by atoms with Gasteiger partial charge >= 0.3 is 0 Å². The predicted octanol–water partition coefficient (Wildman–Crippen LogP) is 3.68. The number of sulfonamides is 1. The van der Waals surface area contributed by atoms with Crippen LogP contribution in [0.25, 0.3) is 0 Å². The van der Waals surface area contributed by atoms with E-state index in [1.807, 2.05) is 0 Å². The first-order chi connectivity index (χ1) is 13.3. The Morgan fingerprint density at radius 3 is 2.36 bits per heavy atom. The maximum absolute atomic E-state index is 13.3. The molecular formula is C20H22FN3O3S. The minimum atomic E-state index is -3.34. The molecule has 0 saturated heterocycles. The second-order valence-corrected chi connectivity index (χ2v) is 8.50. The Morgan fingerprint density at radius 1 is 1.14 bits per heavy atom. The number of hydrazone groups is 1. The van der Waals surface area contributed by atoms with Crippen molar-refractivity contribution in [2.75, 3.05) is 10.5 Å². The summed E-state index contributed by atoms with van der Waals surface area (Å²) in [5.74, 6) is -0.451. The Morgan fingerprint density at radius 2 is 1.79 bits per heavy atom. The van der Waals surface area contributed by atoms with Gasteiger partial charge in [-0.1, -0.05) is 31.2 Å². The molecule has 1 heterocycles. The van der Waals surface area contributed by atoms with E-state index in [4.69, 9.17) is 0 Å². The van der Waals surface area contributed by atoms with Crippen molar-refractivity contribution in [3.63, 3.8) is 0 Å². The van der Waals surface area contributed by atoms with E-state index in [1.165, 1.54) is 17.1 Å². The summed E-state index contributed by atoms with van der Waals surface area (Å²) in [6.45, 7) is 3.34. The van der Waals surface area contributed by atoms with Crippen LogP contribution in [0.5, 0.6) is 0 Å². The molecule has 1 N–H and O–H groups in total. The molecule has 2 aromatic rings. The zero-order valence-electron chi connectivity index (χ0n) is 15.7. The third-order valence-electron chi connectivity index (χ3n) is 4.59. The molecular weight excluding hydrogens is 381 g/mol. The molecule has 6 nitrogen and oxygen atoms in total. The minimum Gasteiger partial charge on any atom is -0.284 e. The van der Waals surface area contributed by atoms with Crippen molar-refractivity contribution in [1.29, 1.82) is 0 Å². The average molecular weight is 403 g/mol. The molecule has 0 spiro atoms. The molecule has 1 amide bonds. The lowest BCUT2D eigenvalue weighted by Gasteiger charge is -2.21. The fourth-order valence-electron chi connectivity index (χ4n) is 3.00. The first-order valence-electron chi connectivity index (χ1n) is 9.09. The Bertz CT molecular complexity index is 986. The monoisotopic (exact) mass is 403 g/mol. The van der Waals surface area contributed by atoms with Gasteiger partial charge in [0.25, 0.3) is 0 Å². The van der Waals surface area contributed by atoms with Gasteiger partial charge in [-0.2, -0.15) is 5.10 Å². The van der Waals surface area contributed by atoms with Gasteiger partial charge in [-0.05, 0) is 42.3 Å². The molecule has 28 heavy (non-hydrogen) atoms. The fourth-order valence-corrected chi connectivity index (χ4v) is 3.64. The van der Waals surface area contributed by atoms with Crippen LogP contribution < -0.4 is 4.72 Å². The van der Waals surface area contributed by atoms with E-state index in [-0.39, 0.29) is 23.5 Å². The van der Waals surface area contributed by atoms with Gasteiger partial charge in [-0.3, -0.25) is 9.52 Å². The van der Waals surface area contributed by atoms with E-state index in [0.717, 1.165) is 16.8 Å². The molecule has 0 radical (unpaired) electrons. The summed E-state index contributed by atoms with van der Waals surface area (Å²) in [5.41, 5.74) is 2.81. The van der Waals surface area contributed by atoms with Gasteiger partial charge in [0.1, 0.15) is 5.82 Å². The van der Waals surface area contributed by atoms with Crippen LogP contribution in [0.1, 0.15) is 43.9 Å². The van der Waals surface area contributed by atoms with Crippen molar-refractivity contribution in [2.45, 2.75) is 32.7 Å². The van der Waals surface area contributed by atoms with Crippen molar-refractivity contribution in [3.05, 3.63) is 65.5 Å². The lowest BCUT2D eigenvalue weighted by molar-refractivity contribution is -0.132. The zero-order valence-corrected chi connectivity index (χ0v) is 16.5. The number of halogens is 1. The summed E-state index contributed by atoms with van der Waals surface area (Å²) >= 11 is 0. The average Bonchev–Trinajstić information content (AvgIpc) is 3.13. The summed E-state index contributed by atoms with van der Waals surface area (Å²) in [5, 5.41) is 5.95. The molecule has 2 aromatic carbocycles. The summed E-state index contributed by atoms with van der Waals surface area (Å²) in [7, 11) is -3.34. The van der Waals surface area contributed by atoms with Crippen LogP contribution in [-0.2, 0) is 14.8 Å². The van der Waals surface area contributed by atoms with Gasteiger partial charge in [-0.15, -0.1) is 0 Å². The number of nitrogens with one attached hydrogen (secondary N) is 1. The first-order valence-corrected chi connectivity index (χ1v) is 10.7. The highest BCUT2D eigenvalue weighted by atomic mass is 32.2. The minimum absolute atomic E-state index is 0.00506. The maximum Gasteiger partial charge on any atom is 0.242 e. The van der Waals surface area contributed by atoms with Gasteiger partial charge < -0.3 is 0 Å². The lowest BCUT2D eigenvalue weighted by Crippen LogP contribution is -2.26. The molecule has 0 bridgehead atoms. The van der Waals surface area contributed by atoms with Crippen molar-refractivity contribution >= 4 is 27.3 Å². The summed E-state index contributed by atoms with van der Waals surface area (Å²) in [4.78, 5) is 12.4. The van der Waals surface area contributed by atoms with Gasteiger partial charge in [-0.25, -0.2) is 17.8 Å². The second kappa shape index (κ2) is 8.10. The van der Waals surface area contributed by atoms with Crippen LogP contribution >= 0.6 is 0 Å². The normalized spacial score (nSPS) is 16.8. The summed E-state index contributed by atoms with van der Waals surface area (Å²) in [6, 6.07) is 12.7. The predicted molar refractivity (Wildman–Crippen MR) is 107 cm³/mol. The van der Waals surface area contributed by atoms with Crippen LogP contribution in [-0.4, -0.2) is 30.8 Å². The molecule has 148 valence electrons. The molecule has 0 aromatic heterocycles. The number of amides is 1. The van der Waals surface area contributed by atoms with Crippen LogP contribution in [0, 0.1) is 5.82 Å². The third kappa shape index (κ3) is 4.39. The van der Waals surface area contributed by atoms with Crippen LogP contribution in [0.4, 0.5) is 10.1 Å². The van der Waals surface area contributed by atoms with E-state index in [2.05, 4.69) is 9.82 Å².